The highest BCUT2D eigenvalue weighted by Crippen LogP contribution is 2.53. The van der Waals surface area contributed by atoms with Gasteiger partial charge in [-0.3, -0.25) is 0 Å². The van der Waals surface area contributed by atoms with Gasteiger partial charge in [0.25, 0.3) is 0 Å². The van der Waals surface area contributed by atoms with Gasteiger partial charge < -0.3 is 5.73 Å². The minimum absolute atomic E-state index is 0.282. The van der Waals surface area contributed by atoms with Crippen LogP contribution in [0, 0.1) is 0 Å². The normalized spacial score (nSPS) is 27.7. The molecule has 1 heteroatoms. The molecule has 1 fully saturated rings. The zero-order valence-corrected chi connectivity index (χ0v) is 9.08. The van der Waals surface area contributed by atoms with Crippen LogP contribution < -0.4 is 5.73 Å². The second kappa shape index (κ2) is 3.76. The van der Waals surface area contributed by atoms with E-state index in [0.29, 0.717) is 11.8 Å². The maximum Gasteiger partial charge on any atom is 0.0190 e. The van der Waals surface area contributed by atoms with Gasteiger partial charge >= 0.3 is 0 Å². The van der Waals surface area contributed by atoms with E-state index >= 15 is 0 Å². The summed E-state index contributed by atoms with van der Waals surface area (Å²) in [5, 5.41) is 0. The van der Waals surface area contributed by atoms with Crippen LogP contribution in [-0.2, 0) is 0 Å². The van der Waals surface area contributed by atoms with E-state index in [1.165, 1.54) is 11.1 Å². The first-order chi connectivity index (χ1) is 7.88. The van der Waals surface area contributed by atoms with Gasteiger partial charge in [0.05, 0.1) is 0 Å². The van der Waals surface area contributed by atoms with Gasteiger partial charge in [-0.15, -0.1) is 0 Å². The van der Waals surface area contributed by atoms with Gasteiger partial charge in [0.2, 0.25) is 0 Å². The average Bonchev–Trinajstić information content (AvgIpc) is 3.03. The summed E-state index contributed by atoms with van der Waals surface area (Å²) in [5.74, 6) is 1.01. The number of hydrogen-bond acceptors (Lipinski definition) is 1. The van der Waals surface area contributed by atoms with Crippen LogP contribution in [0.4, 0.5) is 0 Å². The van der Waals surface area contributed by atoms with Crippen LogP contribution in [0.5, 0.6) is 0 Å². The van der Waals surface area contributed by atoms with Crippen molar-refractivity contribution in [2.24, 2.45) is 5.73 Å². The molecule has 2 atom stereocenters. The lowest BCUT2D eigenvalue weighted by Crippen LogP contribution is -2.02. The largest absolute Gasteiger partial charge is 0.327 e. The first-order valence-corrected chi connectivity index (χ1v) is 5.73. The fourth-order valence-electron chi connectivity index (χ4n) is 2.54. The maximum atomic E-state index is 6.17. The van der Waals surface area contributed by atoms with Crippen LogP contribution in [-0.4, -0.2) is 6.04 Å². The SMILES string of the molecule is NC1[C@@H](c2ccccc2)[C@@H]1c1ccccc1. The smallest absolute Gasteiger partial charge is 0.0190 e. The Bertz CT molecular complexity index is 418. The van der Waals surface area contributed by atoms with Crippen molar-refractivity contribution in [2.75, 3.05) is 0 Å². The Morgan fingerprint density at radius 3 is 1.38 bits per heavy atom. The Balaban J connectivity index is 1.87. The van der Waals surface area contributed by atoms with Crippen LogP contribution in [0.25, 0.3) is 0 Å². The van der Waals surface area contributed by atoms with Gasteiger partial charge in [0, 0.05) is 17.9 Å². The molecule has 3 rings (SSSR count). The summed E-state index contributed by atoms with van der Waals surface area (Å²) < 4.78 is 0. The van der Waals surface area contributed by atoms with E-state index in [2.05, 4.69) is 60.7 Å². The van der Waals surface area contributed by atoms with E-state index < -0.39 is 0 Å². The molecule has 80 valence electrons. The molecule has 0 heterocycles. The highest BCUT2D eigenvalue weighted by Gasteiger charge is 2.48. The molecular weight excluding hydrogens is 194 g/mol. The van der Waals surface area contributed by atoms with Crippen LogP contribution >= 0.6 is 0 Å². The van der Waals surface area contributed by atoms with Gasteiger partial charge in [-0.25, -0.2) is 0 Å². The highest BCUT2D eigenvalue weighted by molar-refractivity contribution is 5.41. The number of hydrogen-bond donors (Lipinski definition) is 1. The Hall–Kier alpha value is -1.60. The molecule has 1 aliphatic rings. The van der Waals surface area contributed by atoms with Crippen molar-refractivity contribution in [3.8, 4) is 0 Å². The third kappa shape index (κ3) is 1.54. The summed E-state index contributed by atoms with van der Waals surface area (Å²) in [5.41, 5.74) is 8.90. The maximum absolute atomic E-state index is 6.17. The Kier molecular flexibility index (Phi) is 2.26. The first-order valence-electron chi connectivity index (χ1n) is 5.73. The fraction of sp³-hybridized carbons (Fsp3) is 0.200. The molecule has 0 spiro atoms. The van der Waals surface area contributed by atoms with Gasteiger partial charge in [-0.05, 0) is 11.1 Å². The second-order valence-corrected chi connectivity index (χ2v) is 4.45. The number of benzene rings is 2. The molecule has 1 saturated carbocycles. The molecule has 1 aliphatic carbocycles. The highest BCUT2D eigenvalue weighted by atomic mass is 14.8. The molecule has 0 aromatic heterocycles. The number of rotatable bonds is 2. The lowest BCUT2D eigenvalue weighted by molar-refractivity contribution is 0.982. The molecular formula is C15H15N. The van der Waals surface area contributed by atoms with E-state index in [0.717, 1.165) is 0 Å². The van der Waals surface area contributed by atoms with Crippen molar-refractivity contribution in [3.05, 3.63) is 71.8 Å². The standard InChI is InChI=1S/C15H15N/c16-15-13(11-7-3-1-4-8-11)14(15)12-9-5-2-6-10-12/h1-10,13-15H,16H2/t13-,14-/m0/s1. The summed E-state index contributed by atoms with van der Waals surface area (Å²) in [6, 6.07) is 21.4. The van der Waals surface area contributed by atoms with Crippen molar-refractivity contribution in [1.29, 1.82) is 0 Å². The summed E-state index contributed by atoms with van der Waals surface area (Å²) in [6.45, 7) is 0. The summed E-state index contributed by atoms with van der Waals surface area (Å²) >= 11 is 0. The topological polar surface area (TPSA) is 26.0 Å². The zero-order chi connectivity index (χ0) is 11.0. The zero-order valence-electron chi connectivity index (χ0n) is 9.08. The van der Waals surface area contributed by atoms with Crippen molar-refractivity contribution >= 4 is 0 Å². The molecule has 0 amide bonds. The summed E-state index contributed by atoms with van der Waals surface area (Å²) in [4.78, 5) is 0. The van der Waals surface area contributed by atoms with Gasteiger partial charge in [-0.1, -0.05) is 60.7 Å². The Morgan fingerprint density at radius 2 is 1.00 bits per heavy atom. The second-order valence-electron chi connectivity index (χ2n) is 4.45. The van der Waals surface area contributed by atoms with Crippen molar-refractivity contribution < 1.29 is 0 Å². The lowest BCUT2D eigenvalue weighted by Gasteiger charge is -1.99. The minimum Gasteiger partial charge on any atom is -0.327 e. The van der Waals surface area contributed by atoms with E-state index in [9.17, 15) is 0 Å². The predicted octanol–water partition coefficient (Wildman–Crippen LogP) is 2.89. The molecule has 2 N–H and O–H groups in total. The molecule has 16 heavy (non-hydrogen) atoms. The average molecular weight is 209 g/mol. The van der Waals surface area contributed by atoms with Crippen molar-refractivity contribution in [2.45, 2.75) is 17.9 Å². The molecule has 2 aromatic carbocycles. The Labute approximate surface area is 95.9 Å². The quantitative estimate of drug-likeness (QED) is 0.808. The van der Waals surface area contributed by atoms with Gasteiger partial charge in [0.1, 0.15) is 0 Å². The molecule has 0 bridgehead atoms. The predicted molar refractivity (Wildman–Crippen MR) is 66.3 cm³/mol. The summed E-state index contributed by atoms with van der Waals surface area (Å²) in [7, 11) is 0. The summed E-state index contributed by atoms with van der Waals surface area (Å²) in [6.07, 6.45) is 0. The van der Waals surface area contributed by atoms with E-state index in [1.54, 1.807) is 0 Å². The number of nitrogens with two attached hydrogens (primary N) is 1. The van der Waals surface area contributed by atoms with Crippen LogP contribution in [0.2, 0.25) is 0 Å². The molecule has 0 unspecified atom stereocenters. The van der Waals surface area contributed by atoms with Crippen LogP contribution in [0.15, 0.2) is 60.7 Å². The van der Waals surface area contributed by atoms with Crippen LogP contribution in [0.1, 0.15) is 23.0 Å². The van der Waals surface area contributed by atoms with Gasteiger partial charge in [-0.2, -0.15) is 0 Å². The minimum atomic E-state index is 0.282. The van der Waals surface area contributed by atoms with Crippen molar-refractivity contribution in [1.82, 2.24) is 0 Å². The monoisotopic (exact) mass is 209 g/mol. The molecule has 1 nitrogen and oxygen atoms in total. The van der Waals surface area contributed by atoms with E-state index in [4.69, 9.17) is 5.73 Å². The molecule has 0 saturated heterocycles. The van der Waals surface area contributed by atoms with Gasteiger partial charge in [0.15, 0.2) is 0 Å². The van der Waals surface area contributed by atoms with Crippen LogP contribution in [0.3, 0.4) is 0 Å². The van der Waals surface area contributed by atoms with E-state index in [-0.39, 0.29) is 6.04 Å². The molecule has 2 aromatic rings. The third-order valence-electron chi connectivity index (χ3n) is 3.44. The third-order valence-corrected chi connectivity index (χ3v) is 3.44. The lowest BCUT2D eigenvalue weighted by atomic mass is 10.0. The fourth-order valence-corrected chi connectivity index (χ4v) is 2.54. The first kappa shape index (κ1) is 9.61. The molecule has 0 radical (unpaired) electrons. The Morgan fingerprint density at radius 1 is 0.625 bits per heavy atom. The van der Waals surface area contributed by atoms with Crippen molar-refractivity contribution in [3.63, 3.8) is 0 Å². The molecule has 0 aliphatic heterocycles. The van der Waals surface area contributed by atoms with E-state index in [1.807, 2.05) is 0 Å².